The summed E-state index contributed by atoms with van der Waals surface area (Å²) in [6.45, 7) is 4.77. The molecule has 0 amide bonds. The van der Waals surface area contributed by atoms with Gasteiger partial charge in [-0.3, -0.25) is 0 Å². The van der Waals surface area contributed by atoms with Crippen molar-refractivity contribution in [3.63, 3.8) is 0 Å². The molecular weight excluding hydrogens is 267 g/mol. The van der Waals surface area contributed by atoms with Crippen LogP contribution in [0.5, 0.6) is 0 Å². The first-order valence-electron chi connectivity index (χ1n) is 5.11. The van der Waals surface area contributed by atoms with Gasteiger partial charge in [-0.05, 0) is 0 Å². The van der Waals surface area contributed by atoms with Gasteiger partial charge in [0.15, 0.2) is 0 Å². The molecule has 0 radical (unpaired) electrons. The van der Waals surface area contributed by atoms with Gasteiger partial charge in [-0.15, -0.1) is 0 Å². The summed E-state index contributed by atoms with van der Waals surface area (Å²) in [6, 6.07) is 1.75. The Morgan fingerprint density at radius 2 is 2.24 bits per heavy atom. The summed E-state index contributed by atoms with van der Waals surface area (Å²) < 4.78 is 5.19. The van der Waals surface area contributed by atoms with Crippen LogP contribution in [-0.2, 0) is 17.4 Å². The van der Waals surface area contributed by atoms with Crippen molar-refractivity contribution in [1.82, 2.24) is 4.98 Å². The van der Waals surface area contributed by atoms with Crippen LogP contribution >= 0.6 is 11.6 Å². The molecule has 1 aromatic rings. The van der Waals surface area contributed by atoms with Gasteiger partial charge in [0.1, 0.15) is 5.82 Å². The van der Waals surface area contributed by atoms with E-state index in [1.807, 2.05) is 0 Å². The molecule has 1 aromatic heterocycles. The van der Waals surface area contributed by atoms with E-state index in [4.69, 9.17) is 29.0 Å². The Morgan fingerprint density at radius 1 is 1.59 bits per heavy atom. The van der Waals surface area contributed by atoms with Crippen molar-refractivity contribution in [3.05, 3.63) is 17.3 Å². The van der Waals surface area contributed by atoms with Crippen molar-refractivity contribution >= 4 is 30.0 Å². The zero-order chi connectivity index (χ0) is 11.8. The molecular formula is C11H14ClN2NaOS. The minimum atomic E-state index is 0. The SMILES string of the molecule is COCC1(C)CN(c2nccc([S-])c2Cl)C1.[Na+]. The summed E-state index contributed by atoms with van der Waals surface area (Å²) in [5, 5.41) is 0.581. The van der Waals surface area contributed by atoms with Gasteiger partial charge in [0, 0.05) is 31.8 Å². The zero-order valence-corrected chi connectivity index (χ0v) is 13.9. The van der Waals surface area contributed by atoms with E-state index in [-0.39, 0.29) is 35.0 Å². The second kappa shape index (κ2) is 6.04. The predicted molar refractivity (Wildman–Crippen MR) is 67.1 cm³/mol. The van der Waals surface area contributed by atoms with Gasteiger partial charge in [-0.25, -0.2) is 4.98 Å². The van der Waals surface area contributed by atoms with E-state index in [2.05, 4.69) is 16.8 Å². The number of hydrogen-bond donors (Lipinski definition) is 0. The number of methoxy groups -OCH3 is 1. The molecule has 17 heavy (non-hydrogen) atoms. The molecule has 0 bridgehead atoms. The topological polar surface area (TPSA) is 25.4 Å². The summed E-state index contributed by atoms with van der Waals surface area (Å²) in [5.41, 5.74) is 0.206. The first kappa shape index (κ1) is 15.5. The molecule has 6 heteroatoms. The quantitative estimate of drug-likeness (QED) is 0.530. The van der Waals surface area contributed by atoms with Gasteiger partial charge in [-0.1, -0.05) is 24.6 Å². The van der Waals surface area contributed by atoms with E-state index in [0.29, 0.717) is 9.92 Å². The molecule has 0 saturated carbocycles. The van der Waals surface area contributed by atoms with Crippen molar-refractivity contribution in [3.8, 4) is 0 Å². The number of halogens is 1. The molecule has 0 unspecified atom stereocenters. The molecule has 0 aliphatic carbocycles. The van der Waals surface area contributed by atoms with E-state index in [1.54, 1.807) is 19.4 Å². The van der Waals surface area contributed by atoms with E-state index in [9.17, 15) is 0 Å². The fourth-order valence-corrected chi connectivity index (χ4v) is 2.48. The molecule has 1 aliphatic rings. The number of rotatable bonds is 3. The fourth-order valence-electron chi connectivity index (χ4n) is 2.10. The average molecular weight is 281 g/mol. The Bertz CT molecular complexity index is 399. The Hall–Kier alpha value is 0.420. The van der Waals surface area contributed by atoms with E-state index < -0.39 is 0 Å². The van der Waals surface area contributed by atoms with Gasteiger partial charge < -0.3 is 22.3 Å². The first-order valence-corrected chi connectivity index (χ1v) is 5.90. The number of ether oxygens (including phenoxy) is 1. The van der Waals surface area contributed by atoms with Crippen LogP contribution in [0.15, 0.2) is 17.2 Å². The molecule has 1 saturated heterocycles. The Morgan fingerprint density at radius 3 is 2.82 bits per heavy atom. The zero-order valence-electron chi connectivity index (χ0n) is 10.4. The molecule has 2 heterocycles. The van der Waals surface area contributed by atoms with Crippen LogP contribution in [0, 0.1) is 5.41 Å². The molecule has 1 fully saturated rings. The van der Waals surface area contributed by atoms with Gasteiger partial charge >= 0.3 is 29.6 Å². The van der Waals surface area contributed by atoms with Crippen molar-refractivity contribution in [2.45, 2.75) is 11.8 Å². The van der Waals surface area contributed by atoms with Gasteiger partial charge in [0.25, 0.3) is 0 Å². The van der Waals surface area contributed by atoms with Crippen molar-refractivity contribution in [2.75, 3.05) is 31.7 Å². The summed E-state index contributed by atoms with van der Waals surface area (Å²) in [7, 11) is 1.73. The third-order valence-corrected chi connectivity index (χ3v) is 3.60. The number of nitrogens with zero attached hydrogens (tertiary/aromatic N) is 2. The second-order valence-electron chi connectivity index (χ2n) is 4.55. The smallest absolute Gasteiger partial charge is 0.778 e. The van der Waals surface area contributed by atoms with Crippen molar-refractivity contribution < 1.29 is 34.3 Å². The Balaban J connectivity index is 0.00000144. The first-order chi connectivity index (χ1) is 7.56. The molecule has 1 aliphatic heterocycles. The van der Waals surface area contributed by atoms with E-state index >= 15 is 0 Å². The number of hydrogen-bond acceptors (Lipinski definition) is 4. The maximum Gasteiger partial charge on any atom is 1.00 e. The molecule has 0 N–H and O–H groups in total. The van der Waals surface area contributed by atoms with Crippen LogP contribution < -0.4 is 34.5 Å². The number of aromatic nitrogens is 1. The molecule has 0 atom stereocenters. The van der Waals surface area contributed by atoms with E-state index in [1.165, 1.54) is 0 Å². The summed E-state index contributed by atoms with van der Waals surface area (Å²) in [5.74, 6) is 0.794. The third kappa shape index (κ3) is 3.25. The van der Waals surface area contributed by atoms with Crippen LogP contribution in [0.1, 0.15) is 6.92 Å². The largest absolute Gasteiger partial charge is 1.00 e. The van der Waals surface area contributed by atoms with Crippen LogP contribution in [0.4, 0.5) is 5.82 Å². The third-order valence-electron chi connectivity index (χ3n) is 2.77. The van der Waals surface area contributed by atoms with Crippen LogP contribution in [-0.4, -0.2) is 31.8 Å². The maximum atomic E-state index is 6.13. The van der Waals surface area contributed by atoms with Gasteiger partial charge in [0.2, 0.25) is 0 Å². The van der Waals surface area contributed by atoms with Gasteiger partial charge in [-0.2, -0.15) is 4.90 Å². The van der Waals surface area contributed by atoms with Crippen LogP contribution in [0.25, 0.3) is 0 Å². The fraction of sp³-hybridized carbons (Fsp3) is 0.545. The normalized spacial score (nSPS) is 17.2. The van der Waals surface area contributed by atoms with Gasteiger partial charge in [0.05, 0.1) is 11.6 Å². The predicted octanol–water partition coefficient (Wildman–Crippen LogP) is -0.882. The molecule has 88 valence electrons. The minimum absolute atomic E-state index is 0. The molecule has 0 aromatic carbocycles. The summed E-state index contributed by atoms with van der Waals surface area (Å²) in [6.07, 6.45) is 1.70. The Labute approximate surface area is 135 Å². The molecule has 0 spiro atoms. The average Bonchev–Trinajstić information content (AvgIpc) is 2.19. The number of pyridine rings is 1. The minimum Gasteiger partial charge on any atom is -0.778 e. The van der Waals surface area contributed by atoms with E-state index in [0.717, 1.165) is 25.5 Å². The standard InChI is InChI=1S/C11H15ClN2OS.Na/c1-11(7-15-2)5-14(6-11)10-9(12)8(16)3-4-13-10;/h3-4H,5-7H2,1-2H3,(H,13,16);/q;+1/p-1. The monoisotopic (exact) mass is 280 g/mol. The summed E-state index contributed by atoms with van der Waals surface area (Å²) >= 11 is 11.2. The van der Waals surface area contributed by atoms with Crippen LogP contribution in [0.3, 0.4) is 0 Å². The van der Waals surface area contributed by atoms with Crippen molar-refractivity contribution in [1.29, 1.82) is 0 Å². The second-order valence-corrected chi connectivity index (χ2v) is 5.36. The molecule has 2 rings (SSSR count). The molecule has 3 nitrogen and oxygen atoms in total. The van der Waals surface area contributed by atoms with Crippen molar-refractivity contribution in [2.24, 2.45) is 5.41 Å². The van der Waals surface area contributed by atoms with Crippen LogP contribution in [0.2, 0.25) is 5.02 Å². The Kier molecular flexibility index (Phi) is 5.50. The maximum absolute atomic E-state index is 6.13. The number of anilines is 1. The summed E-state index contributed by atoms with van der Waals surface area (Å²) in [4.78, 5) is 7.07.